The second kappa shape index (κ2) is 10.4. The van der Waals surface area contributed by atoms with Gasteiger partial charge in [-0.1, -0.05) is 35.5 Å². The van der Waals surface area contributed by atoms with Crippen molar-refractivity contribution in [3.8, 4) is 17.1 Å². The highest BCUT2D eigenvalue weighted by molar-refractivity contribution is 7.99. The number of hydrogen-bond donors (Lipinski definition) is 1. The quantitative estimate of drug-likeness (QED) is 0.479. The Morgan fingerprint density at radius 1 is 1.17 bits per heavy atom. The number of aromatic nitrogens is 3. The molecule has 0 aliphatic rings. The number of carbonyl (C=O) groups is 1. The van der Waals surface area contributed by atoms with Gasteiger partial charge in [0.25, 0.3) is 0 Å². The van der Waals surface area contributed by atoms with Crippen LogP contribution in [0.1, 0.15) is 12.5 Å². The van der Waals surface area contributed by atoms with Gasteiger partial charge in [0.2, 0.25) is 5.91 Å². The lowest BCUT2D eigenvalue weighted by molar-refractivity contribution is -0.118. The molecule has 1 aromatic heterocycles. The molecule has 0 aliphatic carbocycles. The Balaban J connectivity index is 1.59. The van der Waals surface area contributed by atoms with E-state index < -0.39 is 6.61 Å². The summed E-state index contributed by atoms with van der Waals surface area (Å²) in [4.78, 5) is 12.2. The van der Waals surface area contributed by atoms with E-state index >= 15 is 0 Å². The summed E-state index contributed by atoms with van der Waals surface area (Å²) in [7, 11) is 0. The van der Waals surface area contributed by atoms with Crippen molar-refractivity contribution in [2.24, 2.45) is 0 Å². The number of carbonyl (C=O) groups excluding carboxylic acids is 1. The summed E-state index contributed by atoms with van der Waals surface area (Å²) in [5.41, 5.74) is 1.67. The van der Waals surface area contributed by atoms with Crippen LogP contribution >= 0.6 is 23.4 Å². The Labute approximate surface area is 181 Å². The fraction of sp³-hybridized carbons (Fsp3) is 0.250. The van der Waals surface area contributed by atoms with E-state index in [9.17, 15) is 13.6 Å². The van der Waals surface area contributed by atoms with Gasteiger partial charge in [0, 0.05) is 23.7 Å². The lowest BCUT2D eigenvalue weighted by atomic mass is 10.2. The monoisotopic (exact) mass is 452 g/mol. The summed E-state index contributed by atoms with van der Waals surface area (Å²) in [5.74, 6) is 0.719. The lowest BCUT2D eigenvalue weighted by Gasteiger charge is -2.09. The lowest BCUT2D eigenvalue weighted by Crippen LogP contribution is -2.24. The number of rotatable bonds is 9. The van der Waals surface area contributed by atoms with Crippen LogP contribution in [0.15, 0.2) is 53.7 Å². The highest BCUT2D eigenvalue weighted by atomic mass is 35.5. The van der Waals surface area contributed by atoms with Gasteiger partial charge in [-0.2, -0.15) is 8.78 Å². The van der Waals surface area contributed by atoms with Crippen LogP contribution in [0.3, 0.4) is 0 Å². The predicted octanol–water partition coefficient (Wildman–Crippen LogP) is 4.63. The number of thioether (sulfide) groups is 1. The van der Waals surface area contributed by atoms with Gasteiger partial charge in [0.1, 0.15) is 5.75 Å². The first-order valence-electron chi connectivity index (χ1n) is 9.08. The van der Waals surface area contributed by atoms with Crippen molar-refractivity contribution < 1.29 is 18.3 Å². The number of halogens is 3. The molecule has 0 radical (unpaired) electrons. The Bertz CT molecular complexity index is 981. The molecule has 0 spiro atoms. The van der Waals surface area contributed by atoms with Gasteiger partial charge in [-0.05, 0) is 48.9 Å². The third-order valence-electron chi connectivity index (χ3n) is 4.11. The third kappa shape index (κ3) is 5.93. The zero-order valence-corrected chi connectivity index (χ0v) is 17.6. The van der Waals surface area contributed by atoms with Crippen LogP contribution in [0.2, 0.25) is 5.02 Å². The Morgan fingerprint density at radius 3 is 2.50 bits per heavy atom. The van der Waals surface area contributed by atoms with E-state index in [1.807, 2.05) is 23.6 Å². The highest BCUT2D eigenvalue weighted by Gasteiger charge is 2.15. The molecule has 30 heavy (non-hydrogen) atoms. The second-order valence-electron chi connectivity index (χ2n) is 6.15. The van der Waals surface area contributed by atoms with Crippen molar-refractivity contribution in [2.75, 3.05) is 5.75 Å². The van der Waals surface area contributed by atoms with Gasteiger partial charge in [0.15, 0.2) is 11.0 Å². The third-order valence-corrected chi connectivity index (χ3v) is 5.32. The number of benzene rings is 2. The number of nitrogens with one attached hydrogen (secondary N) is 1. The molecule has 10 heteroatoms. The first-order chi connectivity index (χ1) is 14.5. The van der Waals surface area contributed by atoms with Crippen LogP contribution in [-0.2, 0) is 17.9 Å². The SMILES string of the molecule is CCn1c(SCC(=O)NCc2ccc(Cl)cc2)nnc1-c1ccc(OC(F)F)cc1. The Morgan fingerprint density at radius 2 is 1.87 bits per heavy atom. The molecular formula is C20H19ClF2N4O2S. The molecule has 0 fully saturated rings. The first-order valence-corrected chi connectivity index (χ1v) is 10.4. The maximum absolute atomic E-state index is 12.3. The minimum atomic E-state index is -2.87. The summed E-state index contributed by atoms with van der Waals surface area (Å²) < 4.78 is 30.8. The molecule has 0 bridgehead atoms. The van der Waals surface area contributed by atoms with Crippen molar-refractivity contribution >= 4 is 29.3 Å². The van der Waals surface area contributed by atoms with Crippen molar-refractivity contribution in [1.82, 2.24) is 20.1 Å². The summed E-state index contributed by atoms with van der Waals surface area (Å²) in [6.45, 7) is 0.0667. The second-order valence-corrected chi connectivity index (χ2v) is 7.52. The standard InChI is InChI=1S/C20H19ClF2N4O2S/c1-2-27-18(14-5-9-16(10-6-14)29-19(22)23)25-26-20(27)30-12-17(28)24-11-13-3-7-15(21)8-4-13/h3-10,19H,2,11-12H2,1H3,(H,24,28). The predicted molar refractivity (Wildman–Crippen MR) is 112 cm³/mol. The zero-order valence-electron chi connectivity index (χ0n) is 16.0. The molecule has 0 saturated heterocycles. The molecule has 2 aromatic carbocycles. The van der Waals surface area contributed by atoms with Gasteiger partial charge >= 0.3 is 6.61 Å². The van der Waals surface area contributed by atoms with Crippen LogP contribution in [0.25, 0.3) is 11.4 Å². The molecule has 0 atom stereocenters. The van der Waals surface area contributed by atoms with Gasteiger partial charge in [-0.15, -0.1) is 10.2 Å². The largest absolute Gasteiger partial charge is 0.435 e. The van der Waals surface area contributed by atoms with Crippen molar-refractivity contribution in [3.05, 3.63) is 59.1 Å². The minimum absolute atomic E-state index is 0.0725. The fourth-order valence-corrected chi connectivity index (χ4v) is 3.62. The minimum Gasteiger partial charge on any atom is -0.435 e. The summed E-state index contributed by atoms with van der Waals surface area (Å²) in [6.07, 6.45) is 0. The molecule has 158 valence electrons. The van der Waals surface area contributed by atoms with Crippen LogP contribution in [0, 0.1) is 0 Å². The van der Waals surface area contributed by atoms with E-state index in [0.717, 1.165) is 5.56 Å². The maximum Gasteiger partial charge on any atom is 0.387 e. The highest BCUT2D eigenvalue weighted by Crippen LogP contribution is 2.26. The molecule has 1 N–H and O–H groups in total. The molecular weight excluding hydrogens is 434 g/mol. The van der Waals surface area contributed by atoms with Crippen LogP contribution < -0.4 is 10.1 Å². The Hall–Kier alpha value is -2.65. The molecule has 6 nitrogen and oxygen atoms in total. The number of ether oxygens (including phenoxy) is 1. The van der Waals surface area contributed by atoms with Crippen LogP contribution in [0.5, 0.6) is 5.75 Å². The van der Waals surface area contributed by atoms with E-state index in [2.05, 4.69) is 20.3 Å². The van der Waals surface area contributed by atoms with E-state index in [0.29, 0.717) is 34.7 Å². The summed E-state index contributed by atoms with van der Waals surface area (Å²) in [5, 5.41) is 12.4. The van der Waals surface area contributed by atoms with Crippen molar-refractivity contribution in [3.63, 3.8) is 0 Å². The maximum atomic E-state index is 12.3. The molecule has 1 amide bonds. The molecule has 3 rings (SSSR count). The average Bonchev–Trinajstić information content (AvgIpc) is 3.15. The zero-order chi connectivity index (χ0) is 21.5. The van der Waals surface area contributed by atoms with E-state index in [4.69, 9.17) is 11.6 Å². The number of alkyl halides is 2. The van der Waals surface area contributed by atoms with E-state index in [1.165, 1.54) is 23.9 Å². The van der Waals surface area contributed by atoms with Gasteiger partial charge in [-0.3, -0.25) is 4.79 Å². The van der Waals surface area contributed by atoms with Gasteiger partial charge in [-0.25, -0.2) is 0 Å². The molecule has 0 unspecified atom stereocenters. The number of amides is 1. The number of nitrogens with zero attached hydrogens (tertiary/aromatic N) is 3. The van der Waals surface area contributed by atoms with E-state index in [-0.39, 0.29) is 17.4 Å². The van der Waals surface area contributed by atoms with Gasteiger partial charge in [0.05, 0.1) is 5.75 Å². The molecule has 1 heterocycles. The number of hydrogen-bond acceptors (Lipinski definition) is 5. The molecule has 0 aliphatic heterocycles. The first kappa shape index (κ1) is 22.0. The fourth-order valence-electron chi connectivity index (χ4n) is 2.66. The Kier molecular flexibility index (Phi) is 7.64. The van der Waals surface area contributed by atoms with Crippen LogP contribution in [-0.4, -0.2) is 33.0 Å². The van der Waals surface area contributed by atoms with Crippen molar-refractivity contribution in [2.45, 2.75) is 31.8 Å². The topological polar surface area (TPSA) is 69.0 Å². The summed E-state index contributed by atoms with van der Waals surface area (Å²) in [6, 6.07) is 13.4. The van der Waals surface area contributed by atoms with E-state index in [1.54, 1.807) is 24.3 Å². The normalized spacial score (nSPS) is 11.0. The summed E-state index contributed by atoms with van der Waals surface area (Å²) >= 11 is 7.13. The smallest absolute Gasteiger partial charge is 0.387 e. The van der Waals surface area contributed by atoms with Crippen LogP contribution in [0.4, 0.5) is 8.78 Å². The average molecular weight is 453 g/mol. The van der Waals surface area contributed by atoms with Crippen molar-refractivity contribution in [1.29, 1.82) is 0 Å². The molecule has 0 saturated carbocycles. The van der Waals surface area contributed by atoms with Gasteiger partial charge < -0.3 is 14.6 Å². The molecule has 3 aromatic rings.